The van der Waals surface area contributed by atoms with Crippen LogP contribution in [-0.4, -0.2) is 12.4 Å². The van der Waals surface area contributed by atoms with Crippen molar-refractivity contribution in [2.45, 2.75) is 11.1 Å². The number of alkyl halides is 4. The number of nitriles is 1. The van der Waals surface area contributed by atoms with Gasteiger partial charge in [0.05, 0.1) is 17.2 Å². The number of nitrogens with zero attached hydrogens (tertiary/aromatic N) is 1. The van der Waals surface area contributed by atoms with Gasteiger partial charge in [0.15, 0.2) is 0 Å². The lowest BCUT2D eigenvalue weighted by Gasteiger charge is -2.14. The summed E-state index contributed by atoms with van der Waals surface area (Å²) < 4.78 is 39.0. The van der Waals surface area contributed by atoms with Crippen LogP contribution in [0.3, 0.4) is 0 Å². The Kier molecular flexibility index (Phi) is 7.43. The minimum absolute atomic E-state index is 0.00161. The summed E-state index contributed by atoms with van der Waals surface area (Å²) in [6.45, 7) is 0.585. The number of nitrogens with two attached hydrogens (primary N) is 1. The van der Waals surface area contributed by atoms with Crippen LogP contribution in [0.25, 0.3) is 11.1 Å². The Labute approximate surface area is 143 Å². The third-order valence-corrected chi connectivity index (χ3v) is 3.27. The smallest absolute Gasteiger partial charge is 0.329 e. The van der Waals surface area contributed by atoms with Gasteiger partial charge in [-0.15, -0.1) is 24.2 Å². The van der Waals surface area contributed by atoms with Gasteiger partial charge in [0.25, 0.3) is 0 Å². The van der Waals surface area contributed by atoms with Crippen molar-refractivity contribution in [3.05, 3.63) is 53.6 Å². The first kappa shape index (κ1) is 19.4. The Balaban J connectivity index is 0.000000593. The van der Waals surface area contributed by atoms with Gasteiger partial charge in [0.2, 0.25) is 0 Å². The van der Waals surface area contributed by atoms with Crippen LogP contribution in [0, 0.1) is 11.3 Å². The van der Waals surface area contributed by atoms with Crippen LogP contribution >= 0.6 is 24.2 Å². The normalized spacial score (nSPS) is 10.5. The van der Waals surface area contributed by atoms with E-state index in [-0.39, 0.29) is 11.1 Å². The van der Waals surface area contributed by atoms with E-state index < -0.39 is 11.7 Å². The summed E-state index contributed by atoms with van der Waals surface area (Å²) in [5, 5.41) is 8.99. The highest BCUT2D eigenvalue weighted by molar-refractivity contribution is 7.80. The maximum Gasteiger partial charge on any atom is 0.417 e. The van der Waals surface area contributed by atoms with Crippen molar-refractivity contribution in [3.63, 3.8) is 0 Å². The molecular weight excluding hydrogens is 345 g/mol. The average molecular weight is 359 g/mol. The molecule has 2 rings (SSSR count). The van der Waals surface area contributed by atoms with Crippen LogP contribution in [0.1, 0.15) is 11.1 Å². The molecule has 0 spiro atoms. The monoisotopic (exact) mass is 358 g/mol. The maximum absolute atomic E-state index is 13.0. The summed E-state index contributed by atoms with van der Waals surface area (Å²) in [7, 11) is 0. The standard InChI is InChI=1S/C14H8F3NS.C2H6ClN/c15-14(16,17)12-3-1-2-10(8-18)13(12)9-4-6-11(19)7-5-9;3-1-2-4/h1-7,19H;1-2,4H2. The van der Waals surface area contributed by atoms with Crippen LogP contribution in [0.5, 0.6) is 0 Å². The molecule has 122 valence electrons. The summed E-state index contributed by atoms with van der Waals surface area (Å²) in [6.07, 6.45) is -4.50. The molecule has 2 nitrogen and oxygen atoms in total. The molecule has 0 fully saturated rings. The van der Waals surface area contributed by atoms with Crippen LogP contribution in [0.15, 0.2) is 47.4 Å². The van der Waals surface area contributed by atoms with Gasteiger partial charge < -0.3 is 5.73 Å². The Morgan fingerprint density at radius 1 is 1.13 bits per heavy atom. The van der Waals surface area contributed by atoms with Crippen molar-refractivity contribution in [1.82, 2.24) is 0 Å². The Hall–Kier alpha value is -1.68. The van der Waals surface area contributed by atoms with Gasteiger partial charge in [-0.1, -0.05) is 18.2 Å². The molecule has 0 saturated heterocycles. The van der Waals surface area contributed by atoms with Crippen molar-refractivity contribution < 1.29 is 13.2 Å². The minimum atomic E-state index is -4.50. The lowest BCUT2D eigenvalue weighted by molar-refractivity contribution is -0.137. The van der Waals surface area contributed by atoms with Crippen LogP contribution in [0.2, 0.25) is 0 Å². The quantitative estimate of drug-likeness (QED) is 0.603. The molecular formula is C16H14ClF3N2S. The predicted octanol–water partition coefficient (Wildman–Crippen LogP) is 4.72. The summed E-state index contributed by atoms with van der Waals surface area (Å²) >= 11 is 9.15. The fraction of sp³-hybridized carbons (Fsp3) is 0.188. The van der Waals surface area contributed by atoms with E-state index >= 15 is 0 Å². The second kappa shape index (κ2) is 8.82. The van der Waals surface area contributed by atoms with Crippen LogP contribution in [0.4, 0.5) is 13.2 Å². The zero-order chi connectivity index (χ0) is 17.5. The summed E-state index contributed by atoms with van der Waals surface area (Å²) in [4.78, 5) is 0.645. The fourth-order valence-electron chi connectivity index (χ4n) is 1.82. The molecule has 2 N–H and O–H groups in total. The Morgan fingerprint density at radius 3 is 2.13 bits per heavy atom. The molecule has 0 aliphatic carbocycles. The molecule has 0 aliphatic heterocycles. The van der Waals surface area contributed by atoms with E-state index in [0.717, 1.165) is 6.07 Å². The van der Waals surface area contributed by atoms with Crippen molar-refractivity contribution in [2.75, 3.05) is 12.4 Å². The van der Waals surface area contributed by atoms with Gasteiger partial charge in [0.1, 0.15) is 0 Å². The molecule has 0 radical (unpaired) electrons. The maximum atomic E-state index is 13.0. The lowest BCUT2D eigenvalue weighted by atomic mass is 9.94. The molecule has 0 aromatic heterocycles. The minimum Gasteiger partial charge on any atom is -0.329 e. The zero-order valence-electron chi connectivity index (χ0n) is 11.9. The van der Waals surface area contributed by atoms with E-state index in [9.17, 15) is 13.2 Å². The van der Waals surface area contributed by atoms with Gasteiger partial charge in [-0.2, -0.15) is 18.4 Å². The number of rotatable bonds is 2. The molecule has 2 aromatic carbocycles. The number of halogens is 4. The second-order valence-electron chi connectivity index (χ2n) is 4.36. The largest absolute Gasteiger partial charge is 0.417 e. The first-order valence-corrected chi connectivity index (χ1v) is 7.49. The lowest BCUT2D eigenvalue weighted by Crippen LogP contribution is -2.08. The number of thiol groups is 1. The summed E-state index contributed by atoms with van der Waals surface area (Å²) in [6, 6.07) is 11.6. The number of hydrogen-bond donors (Lipinski definition) is 2. The highest BCUT2D eigenvalue weighted by Crippen LogP contribution is 2.38. The number of hydrogen-bond acceptors (Lipinski definition) is 3. The van der Waals surface area contributed by atoms with E-state index in [1.165, 1.54) is 24.3 Å². The molecule has 0 saturated carbocycles. The van der Waals surface area contributed by atoms with E-state index in [1.807, 2.05) is 0 Å². The van der Waals surface area contributed by atoms with Gasteiger partial charge >= 0.3 is 6.18 Å². The topological polar surface area (TPSA) is 49.8 Å². The highest BCUT2D eigenvalue weighted by Gasteiger charge is 2.34. The predicted molar refractivity (Wildman–Crippen MR) is 88.6 cm³/mol. The van der Waals surface area contributed by atoms with Crippen molar-refractivity contribution in [1.29, 1.82) is 5.26 Å². The zero-order valence-corrected chi connectivity index (χ0v) is 13.6. The van der Waals surface area contributed by atoms with Gasteiger partial charge in [0, 0.05) is 22.9 Å². The fourth-order valence-corrected chi connectivity index (χ4v) is 1.97. The van der Waals surface area contributed by atoms with Gasteiger partial charge in [-0.25, -0.2) is 0 Å². The van der Waals surface area contributed by atoms with E-state index in [1.54, 1.807) is 18.2 Å². The van der Waals surface area contributed by atoms with Gasteiger partial charge in [-0.05, 0) is 29.8 Å². The molecule has 0 bridgehead atoms. The van der Waals surface area contributed by atoms with E-state index in [2.05, 4.69) is 12.6 Å². The average Bonchev–Trinajstić information content (AvgIpc) is 2.54. The van der Waals surface area contributed by atoms with Crippen LogP contribution in [-0.2, 0) is 6.18 Å². The van der Waals surface area contributed by atoms with E-state index in [0.29, 0.717) is 22.9 Å². The molecule has 23 heavy (non-hydrogen) atoms. The van der Waals surface area contributed by atoms with Crippen molar-refractivity contribution in [3.8, 4) is 17.2 Å². The molecule has 0 unspecified atom stereocenters. The van der Waals surface area contributed by atoms with Crippen molar-refractivity contribution in [2.24, 2.45) is 5.73 Å². The van der Waals surface area contributed by atoms with Crippen LogP contribution < -0.4 is 5.73 Å². The highest BCUT2D eigenvalue weighted by atomic mass is 35.5. The molecule has 0 aliphatic rings. The van der Waals surface area contributed by atoms with Gasteiger partial charge in [-0.3, -0.25) is 0 Å². The molecule has 2 aromatic rings. The second-order valence-corrected chi connectivity index (χ2v) is 5.26. The van der Waals surface area contributed by atoms with Crippen molar-refractivity contribution >= 4 is 24.2 Å². The molecule has 0 amide bonds. The molecule has 0 atom stereocenters. The number of benzene rings is 2. The van der Waals surface area contributed by atoms with E-state index in [4.69, 9.17) is 22.6 Å². The Bertz CT molecular complexity index is 677. The first-order valence-electron chi connectivity index (χ1n) is 6.51. The SMILES string of the molecule is N#Cc1cccc(C(F)(F)F)c1-c1ccc(S)cc1.NCCCl. The summed E-state index contributed by atoms with van der Waals surface area (Å²) in [5.74, 6) is 0.569. The first-order chi connectivity index (χ1) is 10.8. The summed E-state index contributed by atoms with van der Waals surface area (Å²) in [5.41, 5.74) is 4.35. The molecule has 7 heteroatoms. The Morgan fingerprint density at radius 2 is 1.70 bits per heavy atom. The third-order valence-electron chi connectivity index (χ3n) is 2.76. The third kappa shape index (κ3) is 5.47. The molecule has 0 heterocycles.